The Morgan fingerprint density at radius 1 is 1.42 bits per heavy atom. The molecule has 0 saturated heterocycles. The number of nitrogens with one attached hydrogen (secondary N) is 2. The number of aromatic amines is 1. The van der Waals surface area contributed by atoms with Crippen molar-refractivity contribution in [2.45, 2.75) is 38.0 Å². The van der Waals surface area contributed by atoms with Gasteiger partial charge < -0.3 is 29.6 Å². The number of nitrogens with zero attached hydrogens (tertiary/aromatic N) is 4. The maximum atomic E-state index is 13.0. The standard InChI is InChI=1S/C19H24N6O3.CH2O2/c1-25(10-13-6-8-28-24-13)19(26)12-3-4-16(27-2)15(9-12)23-18-14-5-7-20-17(14)21-11-22-18;2-1-3/h5-8,11-12,15-16H,3-4,9-10H2,1-2H3,(H2,20,21,22,23);1H,(H,2,3)/t12-,15+,16+;/m0./s1. The quantitative estimate of drug-likeness (QED) is 0.499. The maximum absolute atomic E-state index is 13.0. The molecule has 1 aliphatic carbocycles. The Morgan fingerprint density at radius 3 is 2.94 bits per heavy atom. The zero-order valence-corrected chi connectivity index (χ0v) is 17.4. The molecule has 3 N–H and O–H groups in total. The summed E-state index contributed by atoms with van der Waals surface area (Å²) < 4.78 is 10.5. The Bertz CT molecular complexity index is 976. The molecule has 1 saturated carbocycles. The molecule has 0 unspecified atom stereocenters. The fourth-order valence-electron chi connectivity index (χ4n) is 3.92. The number of H-pyrrole nitrogens is 1. The first-order valence-electron chi connectivity index (χ1n) is 9.86. The van der Waals surface area contributed by atoms with Crippen LogP contribution in [0.25, 0.3) is 11.0 Å². The summed E-state index contributed by atoms with van der Waals surface area (Å²) >= 11 is 0. The average Bonchev–Trinajstić information content (AvgIpc) is 3.46. The lowest BCUT2D eigenvalue weighted by Gasteiger charge is -2.36. The van der Waals surface area contributed by atoms with Gasteiger partial charge in [-0.25, -0.2) is 9.97 Å². The van der Waals surface area contributed by atoms with Crippen LogP contribution in [0, 0.1) is 5.92 Å². The van der Waals surface area contributed by atoms with Crippen LogP contribution in [0.1, 0.15) is 25.0 Å². The number of hydrogen-bond donors (Lipinski definition) is 3. The van der Waals surface area contributed by atoms with E-state index in [-0.39, 0.29) is 30.4 Å². The van der Waals surface area contributed by atoms with Gasteiger partial charge in [0.25, 0.3) is 6.47 Å². The van der Waals surface area contributed by atoms with Crippen LogP contribution in [0.2, 0.25) is 0 Å². The van der Waals surface area contributed by atoms with Crippen LogP contribution in [0.5, 0.6) is 0 Å². The van der Waals surface area contributed by atoms with Crippen LogP contribution in [-0.4, -0.2) is 68.8 Å². The van der Waals surface area contributed by atoms with Gasteiger partial charge in [-0.3, -0.25) is 9.59 Å². The van der Waals surface area contributed by atoms with Gasteiger partial charge in [-0.1, -0.05) is 5.16 Å². The van der Waals surface area contributed by atoms with Gasteiger partial charge in [-0.05, 0) is 25.3 Å². The molecular formula is C20H26N6O5. The number of ether oxygens (including phenoxy) is 1. The number of amides is 1. The smallest absolute Gasteiger partial charge is 0.290 e. The molecule has 0 radical (unpaired) electrons. The van der Waals surface area contributed by atoms with Crippen molar-refractivity contribution >= 4 is 29.2 Å². The largest absolute Gasteiger partial charge is 0.483 e. The molecule has 0 bridgehead atoms. The number of methoxy groups -OCH3 is 1. The van der Waals surface area contributed by atoms with E-state index >= 15 is 0 Å². The number of carbonyl (C=O) groups excluding carboxylic acids is 1. The molecule has 166 valence electrons. The Labute approximate surface area is 178 Å². The predicted molar refractivity (Wildman–Crippen MR) is 111 cm³/mol. The fraction of sp³-hybridized carbons (Fsp3) is 0.450. The third kappa shape index (κ3) is 5.37. The van der Waals surface area contributed by atoms with Gasteiger partial charge in [0.2, 0.25) is 5.91 Å². The number of hydrogen-bond acceptors (Lipinski definition) is 8. The van der Waals surface area contributed by atoms with Gasteiger partial charge >= 0.3 is 0 Å². The lowest BCUT2D eigenvalue weighted by molar-refractivity contribution is -0.137. The topological polar surface area (TPSA) is 146 Å². The van der Waals surface area contributed by atoms with Crippen molar-refractivity contribution in [3.8, 4) is 0 Å². The van der Waals surface area contributed by atoms with E-state index in [9.17, 15) is 4.79 Å². The van der Waals surface area contributed by atoms with Crippen molar-refractivity contribution in [2.24, 2.45) is 5.92 Å². The number of carbonyl (C=O) groups is 2. The Balaban J connectivity index is 0.000000858. The summed E-state index contributed by atoms with van der Waals surface area (Å²) in [7, 11) is 3.51. The van der Waals surface area contributed by atoms with Gasteiger partial charge in [0, 0.05) is 32.3 Å². The summed E-state index contributed by atoms with van der Waals surface area (Å²) in [6, 6.07) is 3.70. The Kier molecular flexibility index (Phi) is 7.55. The van der Waals surface area contributed by atoms with Crippen LogP contribution in [0.3, 0.4) is 0 Å². The fourth-order valence-corrected chi connectivity index (χ4v) is 3.92. The minimum Gasteiger partial charge on any atom is -0.483 e. The number of fused-ring (bicyclic) bond motifs is 1. The van der Waals surface area contributed by atoms with Crippen molar-refractivity contribution < 1.29 is 24.0 Å². The second-order valence-electron chi connectivity index (χ2n) is 7.29. The molecule has 1 amide bonds. The first-order valence-corrected chi connectivity index (χ1v) is 9.86. The molecule has 0 spiro atoms. The molecule has 0 aromatic carbocycles. The van der Waals surface area contributed by atoms with E-state index in [1.807, 2.05) is 12.3 Å². The van der Waals surface area contributed by atoms with Gasteiger partial charge in [0.05, 0.1) is 24.1 Å². The molecule has 4 rings (SSSR count). The van der Waals surface area contributed by atoms with Crippen LogP contribution < -0.4 is 5.32 Å². The summed E-state index contributed by atoms with van der Waals surface area (Å²) in [4.78, 5) is 34.7. The van der Waals surface area contributed by atoms with Gasteiger partial charge in [0.1, 0.15) is 29.7 Å². The monoisotopic (exact) mass is 430 g/mol. The Hall–Kier alpha value is -3.47. The lowest BCUT2D eigenvalue weighted by Crippen LogP contribution is -2.45. The second kappa shape index (κ2) is 10.5. The first-order chi connectivity index (χ1) is 15.1. The van der Waals surface area contributed by atoms with Crippen molar-refractivity contribution in [1.29, 1.82) is 0 Å². The summed E-state index contributed by atoms with van der Waals surface area (Å²) in [5, 5.41) is 15.2. The minimum atomic E-state index is -0.250. The predicted octanol–water partition coefficient (Wildman–Crippen LogP) is 1.90. The van der Waals surface area contributed by atoms with Gasteiger partial charge in [-0.2, -0.15) is 0 Å². The molecule has 31 heavy (non-hydrogen) atoms. The van der Waals surface area contributed by atoms with Crippen LogP contribution in [0.15, 0.2) is 35.4 Å². The number of anilines is 1. The molecule has 0 aliphatic heterocycles. The molecule has 1 fully saturated rings. The van der Waals surface area contributed by atoms with E-state index in [1.54, 1.807) is 25.1 Å². The molecule has 3 aromatic heterocycles. The highest BCUT2D eigenvalue weighted by atomic mass is 16.5. The highest BCUT2D eigenvalue weighted by molar-refractivity contribution is 5.86. The highest BCUT2D eigenvalue weighted by Crippen LogP contribution is 2.31. The van der Waals surface area contributed by atoms with E-state index in [0.29, 0.717) is 13.0 Å². The number of aromatic nitrogens is 4. The van der Waals surface area contributed by atoms with E-state index in [0.717, 1.165) is 35.4 Å². The minimum absolute atomic E-state index is 0.0128. The first kappa shape index (κ1) is 22.2. The summed E-state index contributed by atoms with van der Waals surface area (Å²) in [6.07, 6.45) is 7.18. The van der Waals surface area contributed by atoms with E-state index in [4.69, 9.17) is 19.2 Å². The second-order valence-corrected chi connectivity index (χ2v) is 7.29. The van der Waals surface area contributed by atoms with Crippen molar-refractivity contribution in [3.05, 3.63) is 36.6 Å². The van der Waals surface area contributed by atoms with Crippen LogP contribution in [0.4, 0.5) is 5.82 Å². The zero-order chi connectivity index (χ0) is 22.2. The van der Waals surface area contributed by atoms with E-state index < -0.39 is 0 Å². The number of carboxylic acid groups (broad SMARTS) is 1. The summed E-state index contributed by atoms with van der Waals surface area (Å²) in [5.41, 5.74) is 1.52. The molecule has 3 heterocycles. The summed E-state index contributed by atoms with van der Waals surface area (Å²) in [6.45, 7) is 0.188. The third-order valence-electron chi connectivity index (χ3n) is 5.38. The van der Waals surface area contributed by atoms with Crippen LogP contribution in [-0.2, 0) is 20.9 Å². The van der Waals surface area contributed by atoms with Crippen molar-refractivity contribution in [3.63, 3.8) is 0 Å². The third-order valence-corrected chi connectivity index (χ3v) is 5.38. The maximum Gasteiger partial charge on any atom is 0.290 e. The normalized spacial score (nSPS) is 20.5. The van der Waals surface area contributed by atoms with Crippen LogP contribution >= 0.6 is 0 Å². The summed E-state index contributed by atoms with van der Waals surface area (Å²) in [5.74, 6) is 0.783. The van der Waals surface area contributed by atoms with Gasteiger partial charge in [-0.15, -0.1) is 0 Å². The lowest BCUT2D eigenvalue weighted by atomic mass is 9.82. The Morgan fingerprint density at radius 2 is 2.23 bits per heavy atom. The van der Waals surface area contributed by atoms with Crippen molar-refractivity contribution in [2.75, 3.05) is 19.5 Å². The zero-order valence-electron chi connectivity index (χ0n) is 17.4. The molecule has 3 atom stereocenters. The molecule has 3 aromatic rings. The van der Waals surface area contributed by atoms with E-state index in [1.165, 1.54) is 12.6 Å². The molecule has 11 nitrogen and oxygen atoms in total. The van der Waals surface area contributed by atoms with Crippen molar-refractivity contribution in [1.82, 2.24) is 25.0 Å². The number of rotatable bonds is 6. The molecule has 11 heteroatoms. The molecule has 1 aliphatic rings. The molecular weight excluding hydrogens is 404 g/mol. The average molecular weight is 430 g/mol. The van der Waals surface area contributed by atoms with Gasteiger partial charge in [0.15, 0.2) is 0 Å². The van der Waals surface area contributed by atoms with E-state index in [2.05, 4.69) is 25.4 Å². The SMILES string of the molecule is CO[C@@H]1CC[C@H](C(=O)N(C)Cc2ccon2)C[C@H]1Nc1ncnc2[nH]ccc12.O=CO. The highest BCUT2D eigenvalue weighted by Gasteiger charge is 2.35.